The van der Waals surface area contributed by atoms with Crippen molar-refractivity contribution in [2.24, 2.45) is 0 Å². The molecule has 0 radical (unpaired) electrons. The predicted molar refractivity (Wildman–Crippen MR) is 69.0 cm³/mol. The molecule has 0 fully saturated rings. The summed E-state index contributed by atoms with van der Waals surface area (Å²) in [6.07, 6.45) is -16.1. The first kappa shape index (κ1) is 23.8. The normalized spacial score (nSPS) is 17.2. The molecule has 10 N–H and O–H groups in total. The fourth-order valence-electron chi connectivity index (χ4n) is 1.17. The highest BCUT2D eigenvalue weighted by molar-refractivity contribution is 6.56. The van der Waals surface area contributed by atoms with Crippen molar-refractivity contribution in [3.8, 4) is 0 Å². The van der Waals surface area contributed by atoms with E-state index in [0.717, 1.165) is 0 Å². The first-order valence-electron chi connectivity index (χ1n) is 5.96. The molecule has 146 valence electrons. The van der Waals surface area contributed by atoms with Gasteiger partial charge in [0.1, 0.15) is 0 Å². The molecule has 24 heavy (non-hydrogen) atoms. The monoisotopic (exact) mass is 400 g/mol. The van der Waals surface area contributed by atoms with Crippen LogP contribution in [0.25, 0.3) is 0 Å². The number of hydrogen-bond donors (Lipinski definition) is 10. The summed E-state index contributed by atoms with van der Waals surface area (Å²) in [5.74, 6) is 0. The van der Waals surface area contributed by atoms with Gasteiger partial charge in [-0.05, 0) is 13.1 Å². The van der Waals surface area contributed by atoms with E-state index >= 15 is 0 Å². The zero-order valence-electron chi connectivity index (χ0n) is 12.6. The van der Waals surface area contributed by atoms with E-state index in [-0.39, 0.29) is 0 Å². The lowest BCUT2D eigenvalue weighted by Gasteiger charge is -2.37. The van der Waals surface area contributed by atoms with Crippen molar-refractivity contribution in [2.45, 2.75) is 44.3 Å². The number of hydrogen-bond acceptors (Lipinski definition) is 15. The highest BCUT2D eigenvalue weighted by Crippen LogP contribution is 2.27. The van der Waals surface area contributed by atoms with Gasteiger partial charge in [-0.3, -0.25) is 4.43 Å². The number of rotatable bonds is 10. The van der Waals surface area contributed by atoms with Crippen molar-refractivity contribution in [3.63, 3.8) is 0 Å². The standard InChI is InChI=1S/C7H20O15Si2/c1-23(2)21-7(15,19-5(11,12)18-4(8,9)10)20-6(13,14)22-24(3,16)17/h8-17,23H,1-3H3. The quantitative estimate of drug-likeness (QED) is 0.121. The summed E-state index contributed by atoms with van der Waals surface area (Å²) in [6, 6.07) is 0. The molecule has 0 saturated heterocycles. The van der Waals surface area contributed by atoms with Crippen LogP contribution in [0.3, 0.4) is 0 Å². The second-order valence-corrected chi connectivity index (χ2v) is 9.11. The number of ether oxygens (including phenoxy) is 3. The molecule has 0 rings (SSSR count). The lowest BCUT2D eigenvalue weighted by atomic mass is 10.9. The zero-order valence-corrected chi connectivity index (χ0v) is 14.7. The molecule has 0 aliphatic heterocycles. The van der Waals surface area contributed by atoms with Crippen LogP contribution in [-0.2, 0) is 23.1 Å². The van der Waals surface area contributed by atoms with E-state index in [1.165, 1.54) is 13.1 Å². The minimum absolute atomic E-state index is 0.638. The van der Waals surface area contributed by atoms with Crippen LogP contribution in [0.5, 0.6) is 0 Å². The molecule has 0 saturated carbocycles. The van der Waals surface area contributed by atoms with Gasteiger partial charge in [-0.25, -0.2) is 14.2 Å². The lowest BCUT2D eigenvalue weighted by molar-refractivity contribution is -0.670. The molecule has 0 aliphatic rings. The van der Waals surface area contributed by atoms with E-state index in [2.05, 4.69) is 23.1 Å². The summed E-state index contributed by atoms with van der Waals surface area (Å²) >= 11 is 0. The van der Waals surface area contributed by atoms with Gasteiger partial charge in [0.05, 0.1) is 0 Å². The van der Waals surface area contributed by atoms with Gasteiger partial charge in [0.15, 0.2) is 9.04 Å². The van der Waals surface area contributed by atoms with Crippen molar-refractivity contribution >= 4 is 17.8 Å². The second-order valence-electron chi connectivity index (χ2n) is 4.70. The van der Waals surface area contributed by atoms with E-state index in [9.17, 15) is 15.3 Å². The Balaban J connectivity index is 5.35. The van der Waals surface area contributed by atoms with Crippen molar-refractivity contribution in [1.29, 1.82) is 0 Å². The first-order valence-corrected chi connectivity index (χ1v) is 11.0. The number of aliphatic hydroxyl groups is 8. The third-order valence-corrected chi connectivity index (χ3v) is 2.93. The molecule has 1 atom stereocenters. The van der Waals surface area contributed by atoms with Crippen molar-refractivity contribution in [1.82, 2.24) is 0 Å². The van der Waals surface area contributed by atoms with E-state index in [1.807, 2.05) is 0 Å². The highest BCUT2D eigenvalue weighted by atomic mass is 28.4. The first-order chi connectivity index (χ1) is 10.2. The molecular formula is C7H20O15Si2. The summed E-state index contributed by atoms with van der Waals surface area (Å²) in [5.41, 5.74) is 0. The average molecular weight is 400 g/mol. The van der Waals surface area contributed by atoms with Crippen molar-refractivity contribution in [2.75, 3.05) is 0 Å². The molecule has 0 aromatic heterocycles. The van der Waals surface area contributed by atoms with Crippen LogP contribution in [-0.4, -0.2) is 92.9 Å². The van der Waals surface area contributed by atoms with Crippen LogP contribution in [0.2, 0.25) is 19.6 Å². The Hall–Kier alpha value is -0.166. The van der Waals surface area contributed by atoms with Gasteiger partial charge in [-0.2, -0.15) is 0 Å². The van der Waals surface area contributed by atoms with Crippen LogP contribution in [0, 0.1) is 0 Å². The third-order valence-electron chi connectivity index (χ3n) is 1.50. The average Bonchev–Trinajstić information content (AvgIpc) is 2.00. The van der Waals surface area contributed by atoms with Crippen LogP contribution < -0.4 is 0 Å². The molecule has 0 amide bonds. The molecule has 15 nitrogen and oxygen atoms in total. The molecule has 0 bridgehead atoms. The van der Waals surface area contributed by atoms with E-state index < -0.39 is 42.5 Å². The Morgan fingerprint density at radius 3 is 1.50 bits per heavy atom. The Morgan fingerprint density at radius 1 is 0.750 bits per heavy atom. The van der Waals surface area contributed by atoms with Crippen LogP contribution in [0.4, 0.5) is 0 Å². The highest BCUT2D eigenvalue weighted by Gasteiger charge is 2.53. The van der Waals surface area contributed by atoms with Crippen LogP contribution >= 0.6 is 0 Å². The maximum absolute atomic E-state index is 9.82. The molecule has 17 heteroatoms. The van der Waals surface area contributed by atoms with Gasteiger partial charge in [-0.15, -0.1) is 0 Å². The topological polar surface area (TPSA) is 248 Å². The van der Waals surface area contributed by atoms with Crippen LogP contribution in [0.1, 0.15) is 0 Å². The molecule has 0 aromatic rings. The summed E-state index contributed by atoms with van der Waals surface area (Å²) in [5, 5.41) is 72.1. The van der Waals surface area contributed by atoms with Gasteiger partial charge < -0.3 is 54.9 Å². The second kappa shape index (κ2) is 7.60. The lowest BCUT2D eigenvalue weighted by Crippen LogP contribution is -2.60. The summed E-state index contributed by atoms with van der Waals surface area (Å²) in [7, 11) is -7.08. The van der Waals surface area contributed by atoms with Crippen molar-refractivity contribution < 1.29 is 73.5 Å². The predicted octanol–water partition coefficient (Wildman–Crippen LogP) is -6.01. The van der Waals surface area contributed by atoms with Gasteiger partial charge in [-0.1, -0.05) is 0 Å². The van der Waals surface area contributed by atoms with Gasteiger partial charge >= 0.3 is 33.4 Å². The van der Waals surface area contributed by atoms with Gasteiger partial charge in [0.2, 0.25) is 0 Å². The summed E-state index contributed by atoms with van der Waals surface area (Å²) in [6.45, 7) is 3.33. The SMILES string of the molecule is C[SiH](C)OC(O)(OC(O)(O)OC(O)(O)O)OC(O)(O)O[Si](C)(O)O. The fraction of sp³-hybridized carbons (Fsp3) is 1.00. The molecule has 0 aromatic carbocycles. The Kier molecular flexibility index (Phi) is 7.55. The fourth-order valence-corrected chi connectivity index (χ4v) is 2.41. The minimum atomic E-state index is -4.64. The Morgan fingerprint density at radius 2 is 1.17 bits per heavy atom. The Labute approximate surface area is 136 Å². The van der Waals surface area contributed by atoms with Gasteiger partial charge in [0, 0.05) is 6.55 Å². The summed E-state index contributed by atoms with van der Waals surface area (Å²) in [4.78, 5) is 18.0. The largest absolute Gasteiger partial charge is 0.497 e. The van der Waals surface area contributed by atoms with E-state index in [1.54, 1.807) is 0 Å². The van der Waals surface area contributed by atoms with E-state index in [4.69, 9.17) is 35.1 Å². The molecular weight excluding hydrogens is 380 g/mol. The minimum Gasteiger partial charge on any atom is -0.390 e. The third kappa shape index (κ3) is 11.4. The van der Waals surface area contributed by atoms with Crippen molar-refractivity contribution in [3.05, 3.63) is 0 Å². The summed E-state index contributed by atoms with van der Waals surface area (Å²) < 4.78 is 19.7. The smallest absolute Gasteiger partial charge is 0.390 e. The maximum atomic E-state index is 9.82. The molecule has 0 heterocycles. The maximum Gasteiger partial charge on any atom is 0.497 e. The Bertz CT molecular complexity index is 368. The van der Waals surface area contributed by atoms with Gasteiger partial charge in [0.25, 0.3) is 0 Å². The molecule has 1 unspecified atom stereocenters. The molecule has 0 aliphatic carbocycles. The molecule has 0 spiro atoms. The zero-order chi connectivity index (χ0) is 19.6. The van der Waals surface area contributed by atoms with Crippen LogP contribution in [0.15, 0.2) is 0 Å². The van der Waals surface area contributed by atoms with E-state index in [0.29, 0.717) is 6.55 Å².